The Bertz CT molecular complexity index is 900. The third-order valence-electron chi connectivity index (χ3n) is 7.39. The molecule has 1 amide bonds. The van der Waals surface area contributed by atoms with Crippen LogP contribution in [0.3, 0.4) is 0 Å². The number of likely N-dealkylation sites (tertiary alicyclic amines) is 1. The van der Waals surface area contributed by atoms with E-state index >= 15 is 0 Å². The SMILES string of the molecule is O=C(NC1C2CN(Cc3cccc(O)c3)CC21)C(O)(c1ccccc1)C1CCCC1. The summed E-state index contributed by atoms with van der Waals surface area (Å²) in [4.78, 5) is 15.7. The Balaban J connectivity index is 1.23. The molecule has 5 rings (SSSR count). The zero-order valence-corrected chi connectivity index (χ0v) is 17.2. The van der Waals surface area contributed by atoms with Gasteiger partial charge in [-0.15, -0.1) is 0 Å². The van der Waals surface area contributed by atoms with E-state index in [1.807, 2.05) is 48.5 Å². The molecule has 0 spiro atoms. The fourth-order valence-corrected chi connectivity index (χ4v) is 5.72. The van der Waals surface area contributed by atoms with E-state index < -0.39 is 5.60 Å². The first-order chi connectivity index (χ1) is 14.6. The van der Waals surface area contributed by atoms with Crippen molar-refractivity contribution in [3.8, 4) is 5.75 Å². The number of hydrogen-bond acceptors (Lipinski definition) is 4. The number of amides is 1. The molecule has 2 aromatic carbocycles. The van der Waals surface area contributed by atoms with Crippen LogP contribution in [-0.4, -0.2) is 40.2 Å². The van der Waals surface area contributed by atoms with Crippen molar-refractivity contribution in [2.75, 3.05) is 13.1 Å². The van der Waals surface area contributed by atoms with Crippen LogP contribution in [0.2, 0.25) is 0 Å². The summed E-state index contributed by atoms with van der Waals surface area (Å²) in [6, 6.07) is 17.0. The maximum absolute atomic E-state index is 13.3. The second-order valence-corrected chi connectivity index (χ2v) is 9.30. The lowest BCUT2D eigenvalue weighted by atomic mass is 9.79. The number of benzene rings is 2. The van der Waals surface area contributed by atoms with Crippen molar-refractivity contribution in [2.45, 2.75) is 43.9 Å². The Morgan fingerprint density at radius 1 is 1.03 bits per heavy atom. The van der Waals surface area contributed by atoms with Crippen molar-refractivity contribution in [1.29, 1.82) is 0 Å². The number of piperidine rings is 1. The molecule has 3 fully saturated rings. The average molecular weight is 407 g/mol. The quantitative estimate of drug-likeness (QED) is 0.690. The largest absolute Gasteiger partial charge is 0.508 e. The summed E-state index contributed by atoms with van der Waals surface area (Å²) < 4.78 is 0. The topological polar surface area (TPSA) is 72.8 Å². The van der Waals surface area contributed by atoms with E-state index in [-0.39, 0.29) is 17.9 Å². The van der Waals surface area contributed by atoms with Gasteiger partial charge in [-0.3, -0.25) is 9.69 Å². The Labute approximate surface area is 177 Å². The van der Waals surface area contributed by atoms with Gasteiger partial charge in [0, 0.05) is 31.6 Å². The molecule has 0 aromatic heterocycles. The van der Waals surface area contributed by atoms with E-state index in [0.29, 0.717) is 23.1 Å². The highest BCUT2D eigenvalue weighted by atomic mass is 16.3. The molecule has 2 aliphatic carbocycles. The van der Waals surface area contributed by atoms with E-state index in [0.717, 1.165) is 50.9 Å². The summed E-state index contributed by atoms with van der Waals surface area (Å²) in [5.74, 6) is 0.971. The number of hydrogen-bond donors (Lipinski definition) is 3. The lowest BCUT2D eigenvalue weighted by Crippen LogP contribution is -2.50. The summed E-state index contributed by atoms with van der Waals surface area (Å²) in [6.07, 6.45) is 3.94. The van der Waals surface area contributed by atoms with Gasteiger partial charge >= 0.3 is 0 Å². The van der Waals surface area contributed by atoms with Crippen LogP contribution in [0.25, 0.3) is 0 Å². The summed E-state index contributed by atoms with van der Waals surface area (Å²) in [7, 11) is 0. The molecule has 0 bridgehead atoms. The molecule has 2 saturated carbocycles. The van der Waals surface area contributed by atoms with E-state index in [1.165, 1.54) is 0 Å². The zero-order valence-electron chi connectivity index (χ0n) is 17.2. The van der Waals surface area contributed by atoms with Gasteiger partial charge in [0.2, 0.25) is 0 Å². The van der Waals surface area contributed by atoms with Gasteiger partial charge in [0.15, 0.2) is 5.60 Å². The number of phenolic OH excluding ortho intramolecular Hbond substituents is 1. The van der Waals surface area contributed by atoms with Gasteiger partial charge in [-0.25, -0.2) is 0 Å². The normalized spacial score (nSPS) is 28.1. The predicted octanol–water partition coefficient (Wildman–Crippen LogP) is 3.02. The lowest BCUT2D eigenvalue weighted by molar-refractivity contribution is -0.147. The first-order valence-corrected chi connectivity index (χ1v) is 11.1. The van der Waals surface area contributed by atoms with Gasteiger partial charge in [-0.1, -0.05) is 55.3 Å². The Morgan fingerprint density at radius 3 is 2.40 bits per heavy atom. The number of phenols is 1. The molecular formula is C25H30N2O3. The van der Waals surface area contributed by atoms with Crippen molar-refractivity contribution in [1.82, 2.24) is 10.2 Å². The highest BCUT2D eigenvalue weighted by Gasteiger charge is 2.58. The maximum atomic E-state index is 13.3. The molecule has 158 valence electrons. The maximum Gasteiger partial charge on any atom is 0.257 e. The molecular weight excluding hydrogens is 376 g/mol. The van der Waals surface area contributed by atoms with Crippen molar-refractivity contribution in [3.63, 3.8) is 0 Å². The van der Waals surface area contributed by atoms with Crippen LogP contribution in [-0.2, 0) is 16.9 Å². The van der Waals surface area contributed by atoms with Crippen molar-refractivity contribution in [3.05, 3.63) is 65.7 Å². The summed E-state index contributed by atoms with van der Waals surface area (Å²) in [6.45, 7) is 2.70. The first-order valence-electron chi connectivity index (χ1n) is 11.1. The molecule has 30 heavy (non-hydrogen) atoms. The number of carbonyl (C=O) groups is 1. The van der Waals surface area contributed by atoms with Crippen molar-refractivity contribution < 1.29 is 15.0 Å². The summed E-state index contributed by atoms with van der Waals surface area (Å²) >= 11 is 0. The number of nitrogens with one attached hydrogen (secondary N) is 1. The van der Waals surface area contributed by atoms with Crippen LogP contribution in [0.1, 0.15) is 36.8 Å². The van der Waals surface area contributed by atoms with E-state index in [4.69, 9.17) is 0 Å². The number of aromatic hydroxyl groups is 1. The molecule has 0 radical (unpaired) electrons. The third kappa shape index (κ3) is 3.50. The molecule has 5 nitrogen and oxygen atoms in total. The highest BCUT2D eigenvalue weighted by molar-refractivity contribution is 5.87. The van der Waals surface area contributed by atoms with Gasteiger partial charge in [-0.05, 0) is 47.9 Å². The third-order valence-corrected chi connectivity index (χ3v) is 7.39. The Hall–Kier alpha value is -2.37. The summed E-state index contributed by atoms with van der Waals surface area (Å²) in [5.41, 5.74) is 0.387. The fraction of sp³-hybridized carbons (Fsp3) is 0.480. The van der Waals surface area contributed by atoms with Gasteiger partial charge < -0.3 is 15.5 Å². The molecule has 1 heterocycles. The molecule has 3 N–H and O–H groups in total. The van der Waals surface area contributed by atoms with Gasteiger partial charge in [-0.2, -0.15) is 0 Å². The smallest absolute Gasteiger partial charge is 0.257 e. The van der Waals surface area contributed by atoms with Gasteiger partial charge in [0.05, 0.1) is 0 Å². The first kappa shape index (κ1) is 19.6. The molecule has 2 aromatic rings. The van der Waals surface area contributed by atoms with Crippen molar-refractivity contribution >= 4 is 5.91 Å². The van der Waals surface area contributed by atoms with Crippen LogP contribution in [0.15, 0.2) is 54.6 Å². The minimum Gasteiger partial charge on any atom is -0.508 e. The zero-order chi connectivity index (χ0) is 20.7. The van der Waals surface area contributed by atoms with Crippen LogP contribution < -0.4 is 5.32 Å². The van der Waals surface area contributed by atoms with E-state index in [1.54, 1.807) is 6.07 Å². The molecule has 3 unspecified atom stereocenters. The number of rotatable bonds is 6. The highest BCUT2D eigenvalue weighted by Crippen LogP contribution is 2.47. The second kappa shape index (κ2) is 7.71. The standard InChI is InChI=1S/C25H30N2O3/c28-20-12-6-7-17(13-20)14-27-15-21-22(16-27)23(21)26-24(29)25(30,19-10-4-5-11-19)18-8-2-1-3-9-18/h1-3,6-9,12-13,19,21-23,28,30H,4-5,10-11,14-16H2,(H,26,29). The Kier molecular flexibility index (Phi) is 5.03. The van der Waals surface area contributed by atoms with Gasteiger partial charge in [0.25, 0.3) is 5.91 Å². The molecule has 5 heteroatoms. The molecule has 3 atom stereocenters. The second-order valence-electron chi connectivity index (χ2n) is 9.30. The van der Waals surface area contributed by atoms with Crippen LogP contribution in [0, 0.1) is 17.8 Å². The molecule has 1 aliphatic heterocycles. The van der Waals surface area contributed by atoms with Crippen LogP contribution in [0.4, 0.5) is 0 Å². The van der Waals surface area contributed by atoms with Crippen molar-refractivity contribution in [2.24, 2.45) is 17.8 Å². The van der Waals surface area contributed by atoms with Crippen LogP contribution in [0.5, 0.6) is 5.75 Å². The lowest BCUT2D eigenvalue weighted by Gasteiger charge is -2.33. The number of aliphatic hydroxyl groups is 1. The molecule has 3 aliphatic rings. The monoisotopic (exact) mass is 406 g/mol. The number of carbonyl (C=O) groups excluding carboxylic acids is 1. The average Bonchev–Trinajstić information content (AvgIpc) is 3.17. The fourth-order valence-electron chi connectivity index (χ4n) is 5.72. The number of nitrogens with zero attached hydrogens (tertiary/aromatic N) is 1. The Morgan fingerprint density at radius 2 is 1.73 bits per heavy atom. The van der Waals surface area contributed by atoms with Crippen LogP contribution >= 0.6 is 0 Å². The minimum absolute atomic E-state index is 0.0132. The van der Waals surface area contributed by atoms with E-state index in [9.17, 15) is 15.0 Å². The minimum atomic E-state index is -1.43. The number of fused-ring (bicyclic) bond motifs is 1. The van der Waals surface area contributed by atoms with E-state index in [2.05, 4.69) is 10.2 Å². The summed E-state index contributed by atoms with van der Waals surface area (Å²) in [5, 5.41) is 24.5. The van der Waals surface area contributed by atoms with Gasteiger partial charge in [0.1, 0.15) is 5.75 Å². The molecule has 1 saturated heterocycles. The predicted molar refractivity (Wildman–Crippen MR) is 115 cm³/mol.